The summed E-state index contributed by atoms with van der Waals surface area (Å²) in [5.74, 6) is 1.23. The number of aryl methyl sites for hydroxylation is 1. The molecule has 3 heteroatoms. The zero-order valence-corrected chi connectivity index (χ0v) is 21.8. The van der Waals surface area contributed by atoms with Crippen molar-refractivity contribution < 1.29 is 14.6 Å². The summed E-state index contributed by atoms with van der Waals surface area (Å²) in [5, 5.41) is 9.61. The molecule has 3 rings (SSSR count). The quantitative estimate of drug-likeness (QED) is 0.182. The summed E-state index contributed by atoms with van der Waals surface area (Å²) in [6.07, 6.45) is 12.6. The van der Waals surface area contributed by atoms with Crippen LogP contribution in [-0.2, 0) is 16.0 Å². The molecule has 1 unspecified atom stereocenters. The zero-order chi connectivity index (χ0) is 25.0. The average Bonchev–Trinajstić information content (AvgIpc) is 2.89. The molecule has 0 aromatic heterocycles. The topological polar surface area (TPSA) is 46.5 Å². The van der Waals surface area contributed by atoms with Crippen LogP contribution in [0.15, 0.2) is 60.7 Å². The summed E-state index contributed by atoms with van der Waals surface area (Å²) in [6, 6.07) is 17.9. The molecule has 1 fully saturated rings. The van der Waals surface area contributed by atoms with Crippen molar-refractivity contribution in [2.45, 2.75) is 84.0 Å². The maximum Gasteiger partial charge on any atom is 0.333 e. The molecule has 0 saturated heterocycles. The number of hydrogen-bond acceptors (Lipinski definition) is 3. The molecule has 0 aliphatic heterocycles. The van der Waals surface area contributed by atoms with Crippen molar-refractivity contribution in [3.63, 3.8) is 0 Å². The first-order valence-electron chi connectivity index (χ1n) is 13.6. The molecule has 1 aliphatic carbocycles. The third-order valence-corrected chi connectivity index (χ3v) is 7.63. The number of aliphatic hydroxyl groups excluding tert-OH is 1. The lowest BCUT2D eigenvalue weighted by Gasteiger charge is -2.29. The highest BCUT2D eigenvalue weighted by atomic mass is 16.5. The summed E-state index contributed by atoms with van der Waals surface area (Å²) >= 11 is 0. The molecule has 1 saturated carbocycles. The molecule has 0 radical (unpaired) electrons. The van der Waals surface area contributed by atoms with E-state index in [2.05, 4.69) is 62.0 Å². The van der Waals surface area contributed by atoms with Crippen molar-refractivity contribution in [1.29, 1.82) is 0 Å². The number of benzene rings is 2. The van der Waals surface area contributed by atoms with E-state index >= 15 is 0 Å². The van der Waals surface area contributed by atoms with Crippen molar-refractivity contribution in [1.82, 2.24) is 0 Å². The van der Waals surface area contributed by atoms with E-state index in [1.807, 2.05) is 0 Å². The first-order valence-corrected chi connectivity index (χ1v) is 13.6. The van der Waals surface area contributed by atoms with Gasteiger partial charge in [0.05, 0.1) is 6.61 Å². The van der Waals surface area contributed by atoms with E-state index in [0.29, 0.717) is 5.57 Å². The smallest absolute Gasteiger partial charge is 0.333 e. The lowest BCUT2D eigenvalue weighted by atomic mass is 9.77. The fraction of sp³-hybridized carbons (Fsp3) is 0.531. The van der Waals surface area contributed by atoms with Gasteiger partial charge in [-0.05, 0) is 79.5 Å². The van der Waals surface area contributed by atoms with Crippen LogP contribution in [0, 0.1) is 11.8 Å². The van der Waals surface area contributed by atoms with Crippen LogP contribution >= 0.6 is 0 Å². The molecule has 2 aromatic carbocycles. The predicted octanol–water partition coefficient (Wildman–Crippen LogP) is 7.87. The van der Waals surface area contributed by atoms with Gasteiger partial charge in [-0.15, -0.1) is 0 Å². The van der Waals surface area contributed by atoms with Gasteiger partial charge in [0.15, 0.2) is 0 Å². The van der Waals surface area contributed by atoms with Crippen LogP contribution in [0.25, 0.3) is 11.1 Å². The van der Waals surface area contributed by atoms with E-state index in [4.69, 9.17) is 4.74 Å². The first kappa shape index (κ1) is 27.2. The minimum Gasteiger partial charge on any atom is -0.462 e. The molecule has 3 nitrogen and oxygen atoms in total. The Balaban J connectivity index is 1.47. The molecule has 190 valence electrons. The van der Waals surface area contributed by atoms with E-state index in [1.165, 1.54) is 73.6 Å². The molecule has 1 N–H and O–H groups in total. The Kier molecular flexibility index (Phi) is 11.1. The van der Waals surface area contributed by atoms with Crippen LogP contribution in [-0.4, -0.2) is 24.3 Å². The molecule has 1 atom stereocenters. The Morgan fingerprint density at radius 1 is 1.00 bits per heavy atom. The van der Waals surface area contributed by atoms with E-state index in [0.717, 1.165) is 24.7 Å². The molecule has 0 spiro atoms. The number of esters is 1. The lowest BCUT2D eigenvalue weighted by Crippen LogP contribution is -2.18. The van der Waals surface area contributed by atoms with Crippen molar-refractivity contribution in [2.24, 2.45) is 11.8 Å². The fourth-order valence-corrected chi connectivity index (χ4v) is 5.19. The number of hydrogen-bond donors (Lipinski definition) is 1. The standard InChI is InChI=1S/C32H44O3/c1-4-5-6-7-25-10-14-28(15-11-25)30-18-20-31(21-19-30)29-16-12-26(13-17-29)8-9-27(22-33)23-35-32(34)24(2)3/h12-13,16-21,25,27-28,33H,2,4-11,14-15,22-23H2,1,3H3. The Hall–Kier alpha value is -2.39. The highest BCUT2D eigenvalue weighted by molar-refractivity contribution is 5.86. The fourth-order valence-electron chi connectivity index (χ4n) is 5.19. The number of carbonyl (C=O) groups excluding carboxylic acids is 1. The van der Waals surface area contributed by atoms with Gasteiger partial charge >= 0.3 is 5.97 Å². The third kappa shape index (κ3) is 8.65. The van der Waals surface area contributed by atoms with Crippen LogP contribution in [0.3, 0.4) is 0 Å². The molecule has 0 amide bonds. The van der Waals surface area contributed by atoms with Crippen LogP contribution < -0.4 is 0 Å². The van der Waals surface area contributed by atoms with Crippen LogP contribution in [0.4, 0.5) is 0 Å². The molecule has 0 bridgehead atoms. The van der Waals surface area contributed by atoms with E-state index in [1.54, 1.807) is 6.92 Å². The minimum absolute atomic E-state index is 0.00834. The van der Waals surface area contributed by atoms with Gasteiger partial charge in [0.25, 0.3) is 0 Å². The van der Waals surface area contributed by atoms with E-state index in [9.17, 15) is 9.90 Å². The van der Waals surface area contributed by atoms with Gasteiger partial charge in [0, 0.05) is 18.1 Å². The summed E-state index contributed by atoms with van der Waals surface area (Å²) in [5.41, 5.74) is 5.60. The van der Waals surface area contributed by atoms with Crippen molar-refractivity contribution >= 4 is 5.97 Å². The number of carbonyl (C=O) groups is 1. The third-order valence-electron chi connectivity index (χ3n) is 7.63. The normalized spacial score (nSPS) is 18.7. The van der Waals surface area contributed by atoms with Gasteiger partial charge < -0.3 is 9.84 Å². The second-order valence-electron chi connectivity index (χ2n) is 10.5. The van der Waals surface area contributed by atoms with E-state index < -0.39 is 5.97 Å². The van der Waals surface area contributed by atoms with Gasteiger partial charge in [0.1, 0.15) is 0 Å². The van der Waals surface area contributed by atoms with E-state index in [-0.39, 0.29) is 19.1 Å². The maximum atomic E-state index is 11.6. The predicted molar refractivity (Wildman–Crippen MR) is 145 cm³/mol. The zero-order valence-electron chi connectivity index (χ0n) is 21.8. The monoisotopic (exact) mass is 476 g/mol. The molecule has 0 heterocycles. The number of unbranched alkanes of at least 4 members (excludes halogenated alkanes) is 2. The molecular weight excluding hydrogens is 432 g/mol. The first-order chi connectivity index (χ1) is 17.0. The van der Waals surface area contributed by atoms with Crippen molar-refractivity contribution in [2.75, 3.05) is 13.2 Å². The summed E-state index contributed by atoms with van der Waals surface area (Å²) < 4.78 is 5.20. The Morgan fingerprint density at radius 3 is 2.20 bits per heavy atom. The SMILES string of the molecule is C=C(C)C(=O)OCC(CO)CCc1ccc(-c2ccc(C3CCC(CCCCC)CC3)cc2)cc1. The molecule has 2 aromatic rings. The van der Waals surface area contributed by atoms with Gasteiger partial charge in [0.2, 0.25) is 0 Å². The largest absolute Gasteiger partial charge is 0.462 e. The summed E-state index contributed by atoms with van der Waals surface area (Å²) in [4.78, 5) is 11.6. The van der Waals surface area contributed by atoms with Crippen LogP contribution in [0.2, 0.25) is 0 Å². The lowest BCUT2D eigenvalue weighted by molar-refractivity contribution is -0.140. The second kappa shape index (κ2) is 14.2. The van der Waals surface area contributed by atoms with Gasteiger partial charge in [-0.3, -0.25) is 0 Å². The molecule has 1 aliphatic rings. The van der Waals surface area contributed by atoms with Gasteiger partial charge in [-0.1, -0.05) is 87.7 Å². The number of rotatable bonds is 13. The van der Waals surface area contributed by atoms with Crippen LogP contribution in [0.1, 0.15) is 88.7 Å². The number of ether oxygens (including phenoxy) is 1. The Morgan fingerprint density at radius 2 is 1.63 bits per heavy atom. The van der Waals surface area contributed by atoms with Crippen LogP contribution in [0.5, 0.6) is 0 Å². The Bertz CT molecular complexity index is 905. The number of aliphatic hydroxyl groups is 1. The van der Waals surface area contributed by atoms with Crippen molar-refractivity contribution in [3.05, 3.63) is 71.8 Å². The van der Waals surface area contributed by atoms with Gasteiger partial charge in [-0.25, -0.2) is 4.79 Å². The molecule has 35 heavy (non-hydrogen) atoms. The summed E-state index contributed by atoms with van der Waals surface area (Å²) in [7, 11) is 0. The summed E-state index contributed by atoms with van der Waals surface area (Å²) in [6.45, 7) is 7.75. The van der Waals surface area contributed by atoms with Gasteiger partial charge in [-0.2, -0.15) is 0 Å². The average molecular weight is 477 g/mol. The highest BCUT2D eigenvalue weighted by Crippen LogP contribution is 2.38. The highest BCUT2D eigenvalue weighted by Gasteiger charge is 2.22. The van der Waals surface area contributed by atoms with Crippen molar-refractivity contribution in [3.8, 4) is 11.1 Å². The minimum atomic E-state index is -0.395. The molecular formula is C32H44O3. The Labute approximate surface area is 212 Å². The second-order valence-corrected chi connectivity index (χ2v) is 10.5. The maximum absolute atomic E-state index is 11.6.